The smallest absolute Gasteiger partial charge is 0.550 e. The van der Waals surface area contributed by atoms with E-state index in [2.05, 4.69) is 19.7 Å². The summed E-state index contributed by atoms with van der Waals surface area (Å²) in [5.41, 5.74) is 0. The maximum atomic E-state index is 10.1. The molecule has 0 spiro atoms. The molecule has 40 heavy (non-hydrogen) atoms. The molecule has 0 rings (SSSR count). The number of carboxylic acid groups (broad SMARTS) is 3. The van der Waals surface area contributed by atoms with E-state index in [-0.39, 0.29) is 45.5 Å². The summed E-state index contributed by atoms with van der Waals surface area (Å²) in [6.45, 7) is 11.0. The first kappa shape index (κ1) is 45.5. The van der Waals surface area contributed by atoms with Crippen LogP contribution in [0.2, 0.25) is 0 Å². The summed E-state index contributed by atoms with van der Waals surface area (Å²) in [4.78, 5) is 30.2. The first-order valence-corrected chi connectivity index (χ1v) is 15.2. The Bertz CT molecular complexity index is 511. The third-order valence-corrected chi connectivity index (χ3v) is 6.12. The summed E-state index contributed by atoms with van der Waals surface area (Å²) in [6, 6.07) is 0. The zero-order chi connectivity index (χ0) is 29.8. The first-order chi connectivity index (χ1) is 18.8. The number of unbranched alkanes of at least 4 members (excludes halogenated alkanes) is 18. The Morgan fingerprint density at radius 2 is 0.550 bits per heavy atom. The molecule has 7 heteroatoms. The fourth-order valence-corrected chi connectivity index (χ4v) is 3.80. The van der Waals surface area contributed by atoms with Gasteiger partial charge in [0.15, 0.2) is 0 Å². The summed E-state index contributed by atoms with van der Waals surface area (Å²) in [5, 5.41) is 30.2. The van der Waals surface area contributed by atoms with Crippen molar-refractivity contribution in [3.8, 4) is 0 Å². The van der Waals surface area contributed by atoms with Crippen molar-refractivity contribution >= 4 is 44.1 Å². The largest absolute Gasteiger partial charge is 3.00 e. The predicted octanol–water partition coefficient (Wildman–Crippen LogP) is 5.75. The average molecular weight is 759 g/mol. The van der Waals surface area contributed by atoms with E-state index < -0.39 is 17.9 Å². The second-order valence-corrected chi connectivity index (χ2v) is 9.96. The van der Waals surface area contributed by atoms with Crippen LogP contribution in [-0.2, 0) is 14.4 Å². The SMILES string of the molecule is C=CCCCCCCCCC(=O)[O-].C=CCCCCCCCCC(=O)[O-].C=CCCCCCCCCC(=O)[O-].[Bi+3]. The molecule has 230 valence electrons. The molecule has 0 aliphatic carbocycles. The van der Waals surface area contributed by atoms with Gasteiger partial charge in [-0.15, -0.1) is 19.7 Å². The van der Waals surface area contributed by atoms with E-state index in [0.717, 1.165) is 77.0 Å². The Labute approximate surface area is 264 Å². The molecule has 0 aromatic heterocycles. The van der Waals surface area contributed by atoms with Crippen molar-refractivity contribution < 1.29 is 29.7 Å². The third-order valence-electron chi connectivity index (χ3n) is 6.12. The summed E-state index contributed by atoms with van der Waals surface area (Å²) in [7, 11) is 0. The molecule has 0 aromatic rings. The van der Waals surface area contributed by atoms with Gasteiger partial charge in [0, 0.05) is 17.9 Å². The Morgan fingerprint density at radius 1 is 0.375 bits per heavy atom. The van der Waals surface area contributed by atoms with Gasteiger partial charge in [-0.25, -0.2) is 0 Å². The Hall–Kier alpha value is -1.49. The second-order valence-electron chi connectivity index (χ2n) is 9.96. The molecule has 0 bridgehead atoms. The van der Waals surface area contributed by atoms with Crippen molar-refractivity contribution in [1.29, 1.82) is 0 Å². The molecular weight excluding hydrogens is 701 g/mol. The van der Waals surface area contributed by atoms with Crippen LogP contribution in [0.5, 0.6) is 0 Å². The van der Waals surface area contributed by atoms with Gasteiger partial charge in [-0.05, 0) is 77.0 Å². The van der Waals surface area contributed by atoms with Crippen LogP contribution in [0, 0.1) is 0 Å². The van der Waals surface area contributed by atoms with E-state index >= 15 is 0 Å². The van der Waals surface area contributed by atoms with Gasteiger partial charge in [-0.2, -0.15) is 0 Å². The molecule has 0 aromatic carbocycles. The van der Waals surface area contributed by atoms with Gasteiger partial charge in [0.2, 0.25) is 0 Å². The van der Waals surface area contributed by atoms with Crippen molar-refractivity contribution in [1.82, 2.24) is 0 Å². The number of rotatable bonds is 27. The van der Waals surface area contributed by atoms with E-state index in [1.165, 1.54) is 57.8 Å². The molecule has 0 aliphatic rings. The predicted molar refractivity (Wildman–Crippen MR) is 162 cm³/mol. The van der Waals surface area contributed by atoms with Gasteiger partial charge in [0.1, 0.15) is 0 Å². The number of hydrogen-bond donors (Lipinski definition) is 0. The van der Waals surface area contributed by atoms with Gasteiger partial charge in [-0.3, -0.25) is 0 Å². The third kappa shape index (κ3) is 56.6. The first-order valence-electron chi connectivity index (χ1n) is 15.2. The van der Waals surface area contributed by atoms with Crippen molar-refractivity contribution in [3.63, 3.8) is 0 Å². The van der Waals surface area contributed by atoms with Crippen LogP contribution >= 0.6 is 0 Å². The van der Waals surface area contributed by atoms with Crippen molar-refractivity contribution in [2.24, 2.45) is 0 Å². The molecule has 0 N–H and O–H groups in total. The van der Waals surface area contributed by atoms with Crippen LogP contribution in [0.4, 0.5) is 0 Å². The molecule has 0 heterocycles. The maximum Gasteiger partial charge on any atom is 3.00 e. The summed E-state index contributed by atoms with van der Waals surface area (Å²) >= 11 is 0. The molecule has 0 fully saturated rings. The fourth-order valence-electron chi connectivity index (χ4n) is 3.80. The Balaban J connectivity index is -0.000000240. The number of carbonyl (C=O) groups is 3. The van der Waals surface area contributed by atoms with E-state index in [0.29, 0.717) is 0 Å². The van der Waals surface area contributed by atoms with Crippen molar-refractivity contribution in [3.05, 3.63) is 38.0 Å². The fraction of sp³-hybridized carbons (Fsp3) is 0.727. The number of carboxylic acids is 3. The van der Waals surface area contributed by atoms with Crippen LogP contribution in [0.1, 0.15) is 154 Å². The standard InChI is InChI=1S/3C11H20O2.Bi/c3*1-2-3-4-5-6-7-8-9-10-11(12)13;/h3*2H,1,3-10H2,(H,12,13);/q;;;+3/p-3. The van der Waals surface area contributed by atoms with Crippen molar-refractivity contribution in [2.45, 2.75) is 154 Å². The van der Waals surface area contributed by atoms with Gasteiger partial charge >= 0.3 is 26.2 Å². The van der Waals surface area contributed by atoms with E-state index in [1.807, 2.05) is 18.2 Å². The maximum absolute atomic E-state index is 10.1. The zero-order valence-electron chi connectivity index (χ0n) is 25.2. The monoisotopic (exact) mass is 758 g/mol. The normalized spacial score (nSPS) is 9.60. The van der Waals surface area contributed by atoms with Gasteiger partial charge in [0.25, 0.3) is 0 Å². The molecule has 0 amide bonds. The number of hydrogen-bond acceptors (Lipinski definition) is 6. The van der Waals surface area contributed by atoms with Crippen LogP contribution in [0.15, 0.2) is 38.0 Å². The number of carbonyl (C=O) groups excluding carboxylic acids is 3. The summed E-state index contributed by atoms with van der Waals surface area (Å²) < 4.78 is 0. The minimum absolute atomic E-state index is 0. The Morgan fingerprint density at radius 3 is 0.725 bits per heavy atom. The molecule has 0 saturated heterocycles. The van der Waals surface area contributed by atoms with E-state index in [4.69, 9.17) is 0 Å². The molecule has 0 saturated carbocycles. The number of allylic oxidation sites excluding steroid dienone is 3. The Kier molecular flexibility index (Phi) is 47.8. The zero-order valence-corrected chi connectivity index (χ0v) is 28.7. The molecular formula is C33H57BiO6. The van der Waals surface area contributed by atoms with Crippen LogP contribution in [-0.4, -0.2) is 44.1 Å². The minimum atomic E-state index is -0.924. The van der Waals surface area contributed by atoms with Crippen molar-refractivity contribution in [2.75, 3.05) is 0 Å². The van der Waals surface area contributed by atoms with Crippen LogP contribution < -0.4 is 15.3 Å². The summed E-state index contributed by atoms with van der Waals surface area (Å²) in [6.07, 6.45) is 29.5. The van der Waals surface area contributed by atoms with E-state index in [1.54, 1.807) is 0 Å². The van der Waals surface area contributed by atoms with E-state index in [9.17, 15) is 29.7 Å². The van der Waals surface area contributed by atoms with Crippen LogP contribution in [0.3, 0.4) is 0 Å². The van der Waals surface area contributed by atoms with Gasteiger partial charge in [0.05, 0.1) is 0 Å². The quantitative estimate of drug-likeness (QED) is 0.0599. The van der Waals surface area contributed by atoms with Gasteiger partial charge in [-0.1, -0.05) is 95.3 Å². The molecule has 0 unspecified atom stereocenters. The summed E-state index contributed by atoms with van der Waals surface area (Å²) in [5.74, 6) is -2.77. The van der Waals surface area contributed by atoms with Crippen LogP contribution in [0.25, 0.3) is 0 Å². The number of aliphatic carboxylic acids is 3. The minimum Gasteiger partial charge on any atom is -0.550 e. The molecule has 2 radical (unpaired) electrons. The molecule has 6 nitrogen and oxygen atoms in total. The topological polar surface area (TPSA) is 120 Å². The van der Waals surface area contributed by atoms with Gasteiger partial charge < -0.3 is 29.7 Å². The molecule has 0 aliphatic heterocycles. The average Bonchev–Trinajstić information content (AvgIpc) is 2.89. The second kappa shape index (κ2) is 42.0. The molecule has 0 atom stereocenters.